The number of nitrogens with one attached hydrogen (secondary N) is 3. The van der Waals surface area contributed by atoms with Gasteiger partial charge in [-0.05, 0) is 37.6 Å². The Morgan fingerprint density at radius 2 is 1.78 bits per heavy atom. The lowest BCUT2D eigenvalue weighted by atomic mass is 10.1. The standard InChI is InChI=1S/C21H28N4O2/c1-4-22-21(25-15-17-10-8-16(2)9-11-17)24-13-12-23-20(26)18-6-5-7-19(14-18)27-3/h5-11,14H,4,12-13,15H2,1-3H3,(H,23,26)(H2,22,24,25). The first-order valence-corrected chi connectivity index (χ1v) is 9.12. The number of hydrogen-bond donors (Lipinski definition) is 3. The van der Waals surface area contributed by atoms with Crippen LogP contribution in [-0.2, 0) is 6.54 Å². The van der Waals surface area contributed by atoms with E-state index in [0.717, 1.165) is 18.1 Å². The van der Waals surface area contributed by atoms with Crippen molar-refractivity contribution < 1.29 is 9.53 Å². The molecule has 6 heteroatoms. The van der Waals surface area contributed by atoms with Crippen molar-refractivity contribution >= 4 is 11.9 Å². The van der Waals surface area contributed by atoms with Gasteiger partial charge in [0, 0.05) is 25.2 Å². The topological polar surface area (TPSA) is 74.8 Å². The van der Waals surface area contributed by atoms with Crippen LogP contribution in [0.4, 0.5) is 0 Å². The molecule has 0 fully saturated rings. The molecule has 0 aliphatic carbocycles. The minimum atomic E-state index is -0.128. The summed E-state index contributed by atoms with van der Waals surface area (Å²) >= 11 is 0. The molecule has 0 heterocycles. The van der Waals surface area contributed by atoms with E-state index < -0.39 is 0 Å². The number of aliphatic imine (C=N–C) groups is 1. The van der Waals surface area contributed by atoms with Crippen LogP contribution in [-0.4, -0.2) is 38.6 Å². The molecule has 2 aromatic carbocycles. The van der Waals surface area contributed by atoms with Crippen molar-refractivity contribution in [2.75, 3.05) is 26.7 Å². The maximum atomic E-state index is 12.2. The van der Waals surface area contributed by atoms with Crippen LogP contribution in [0.1, 0.15) is 28.4 Å². The van der Waals surface area contributed by atoms with Crippen LogP contribution < -0.4 is 20.7 Å². The maximum absolute atomic E-state index is 12.2. The van der Waals surface area contributed by atoms with Crippen molar-refractivity contribution in [2.24, 2.45) is 4.99 Å². The SMILES string of the molecule is CCNC(=NCc1ccc(C)cc1)NCCNC(=O)c1cccc(OC)c1. The Labute approximate surface area is 161 Å². The van der Waals surface area contributed by atoms with Gasteiger partial charge in [0.25, 0.3) is 5.91 Å². The Balaban J connectivity index is 1.80. The summed E-state index contributed by atoms with van der Waals surface area (Å²) in [7, 11) is 1.58. The molecule has 0 spiro atoms. The lowest BCUT2D eigenvalue weighted by Crippen LogP contribution is -2.41. The van der Waals surface area contributed by atoms with E-state index in [4.69, 9.17) is 4.74 Å². The van der Waals surface area contributed by atoms with Gasteiger partial charge in [0.2, 0.25) is 0 Å². The van der Waals surface area contributed by atoms with Crippen LogP contribution in [0.5, 0.6) is 5.75 Å². The summed E-state index contributed by atoms with van der Waals surface area (Å²) in [6, 6.07) is 15.4. The highest BCUT2D eigenvalue weighted by molar-refractivity contribution is 5.94. The van der Waals surface area contributed by atoms with Gasteiger partial charge in [0.15, 0.2) is 5.96 Å². The second kappa shape index (κ2) is 10.9. The molecule has 0 unspecified atom stereocenters. The number of carbonyl (C=O) groups excluding carboxylic acids is 1. The fraction of sp³-hybridized carbons (Fsp3) is 0.333. The Kier molecular flexibility index (Phi) is 8.16. The number of hydrogen-bond acceptors (Lipinski definition) is 3. The zero-order chi connectivity index (χ0) is 19.5. The molecule has 3 N–H and O–H groups in total. The van der Waals surface area contributed by atoms with Gasteiger partial charge in [-0.1, -0.05) is 35.9 Å². The van der Waals surface area contributed by atoms with E-state index >= 15 is 0 Å². The number of rotatable bonds is 8. The van der Waals surface area contributed by atoms with Crippen LogP contribution >= 0.6 is 0 Å². The summed E-state index contributed by atoms with van der Waals surface area (Å²) in [6.45, 7) is 6.54. The third-order valence-electron chi connectivity index (χ3n) is 3.92. The number of guanidine groups is 1. The monoisotopic (exact) mass is 368 g/mol. The van der Waals surface area contributed by atoms with Gasteiger partial charge in [0.05, 0.1) is 13.7 Å². The molecule has 0 atom stereocenters. The predicted octanol–water partition coefficient (Wildman–Crippen LogP) is 2.49. The molecule has 6 nitrogen and oxygen atoms in total. The summed E-state index contributed by atoms with van der Waals surface area (Å²) in [5.41, 5.74) is 2.97. The molecule has 0 aromatic heterocycles. The highest BCUT2D eigenvalue weighted by Crippen LogP contribution is 2.12. The number of ether oxygens (including phenoxy) is 1. The van der Waals surface area contributed by atoms with Crippen LogP contribution in [0, 0.1) is 6.92 Å². The second-order valence-corrected chi connectivity index (χ2v) is 6.10. The Morgan fingerprint density at radius 3 is 2.48 bits per heavy atom. The summed E-state index contributed by atoms with van der Waals surface area (Å²) in [6.07, 6.45) is 0. The van der Waals surface area contributed by atoms with Gasteiger partial charge in [0.1, 0.15) is 5.75 Å². The molecular formula is C21H28N4O2. The fourth-order valence-corrected chi connectivity index (χ4v) is 2.43. The maximum Gasteiger partial charge on any atom is 0.251 e. The number of aryl methyl sites for hydroxylation is 1. The molecule has 2 aromatic rings. The molecule has 2 rings (SSSR count). The largest absolute Gasteiger partial charge is 0.497 e. The number of carbonyl (C=O) groups is 1. The van der Waals surface area contributed by atoms with Gasteiger partial charge in [-0.25, -0.2) is 4.99 Å². The molecule has 0 saturated heterocycles. The fourth-order valence-electron chi connectivity index (χ4n) is 2.43. The lowest BCUT2D eigenvalue weighted by molar-refractivity contribution is 0.0954. The van der Waals surface area contributed by atoms with Crippen molar-refractivity contribution in [1.82, 2.24) is 16.0 Å². The lowest BCUT2D eigenvalue weighted by Gasteiger charge is -2.12. The average molecular weight is 368 g/mol. The van der Waals surface area contributed by atoms with E-state index in [-0.39, 0.29) is 5.91 Å². The quantitative estimate of drug-likeness (QED) is 0.380. The molecule has 1 amide bonds. The van der Waals surface area contributed by atoms with Gasteiger partial charge in [-0.2, -0.15) is 0 Å². The van der Waals surface area contributed by atoms with Crippen molar-refractivity contribution in [3.63, 3.8) is 0 Å². The highest BCUT2D eigenvalue weighted by Gasteiger charge is 2.06. The Hall–Kier alpha value is -3.02. The number of nitrogens with zero attached hydrogens (tertiary/aromatic N) is 1. The summed E-state index contributed by atoms with van der Waals surface area (Å²) in [5, 5.41) is 9.33. The molecule has 0 saturated carbocycles. The van der Waals surface area contributed by atoms with E-state index in [1.807, 2.05) is 13.0 Å². The minimum Gasteiger partial charge on any atom is -0.497 e. The number of methoxy groups -OCH3 is 1. The van der Waals surface area contributed by atoms with Crippen molar-refractivity contribution in [1.29, 1.82) is 0 Å². The first kappa shape index (κ1) is 20.3. The molecular weight excluding hydrogens is 340 g/mol. The number of benzene rings is 2. The van der Waals surface area contributed by atoms with Crippen molar-refractivity contribution in [3.05, 3.63) is 65.2 Å². The third kappa shape index (κ3) is 7.01. The molecule has 0 bridgehead atoms. The highest BCUT2D eigenvalue weighted by atomic mass is 16.5. The van der Waals surface area contributed by atoms with Gasteiger partial charge < -0.3 is 20.7 Å². The first-order valence-electron chi connectivity index (χ1n) is 9.12. The van der Waals surface area contributed by atoms with Crippen LogP contribution in [0.15, 0.2) is 53.5 Å². The number of amides is 1. The van der Waals surface area contributed by atoms with Crippen LogP contribution in [0.3, 0.4) is 0 Å². The zero-order valence-electron chi connectivity index (χ0n) is 16.2. The summed E-state index contributed by atoms with van der Waals surface area (Å²) in [4.78, 5) is 16.8. The first-order chi connectivity index (χ1) is 13.1. The van der Waals surface area contributed by atoms with Crippen molar-refractivity contribution in [2.45, 2.75) is 20.4 Å². The van der Waals surface area contributed by atoms with Gasteiger partial charge in [-0.15, -0.1) is 0 Å². The van der Waals surface area contributed by atoms with Crippen molar-refractivity contribution in [3.8, 4) is 5.75 Å². The van der Waals surface area contributed by atoms with E-state index in [1.165, 1.54) is 5.56 Å². The van der Waals surface area contributed by atoms with Crippen LogP contribution in [0.2, 0.25) is 0 Å². The van der Waals surface area contributed by atoms with E-state index in [2.05, 4.69) is 52.1 Å². The van der Waals surface area contributed by atoms with Crippen LogP contribution in [0.25, 0.3) is 0 Å². The molecule has 0 aliphatic heterocycles. The smallest absolute Gasteiger partial charge is 0.251 e. The minimum absolute atomic E-state index is 0.128. The van der Waals surface area contributed by atoms with E-state index in [9.17, 15) is 4.79 Å². The summed E-state index contributed by atoms with van der Waals surface area (Å²) < 4.78 is 5.14. The van der Waals surface area contributed by atoms with Gasteiger partial charge in [-0.3, -0.25) is 4.79 Å². The summed E-state index contributed by atoms with van der Waals surface area (Å²) in [5.74, 6) is 1.27. The second-order valence-electron chi connectivity index (χ2n) is 6.10. The molecule has 0 aliphatic rings. The van der Waals surface area contributed by atoms with E-state index in [0.29, 0.717) is 30.9 Å². The van der Waals surface area contributed by atoms with E-state index in [1.54, 1.807) is 25.3 Å². The Morgan fingerprint density at radius 1 is 1.04 bits per heavy atom. The average Bonchev–Trinajstić information content (AvgIpc) is 2.70. The molecule has 0 radical (unpaired) electrons. The third-order valence-corrected chi connectivity index (χ3v) is 3.92. The Bertz CT molecular complexity index is 757. The van der Waals surface area contributed by atoms with Gasteiger partial charge >= 0.3 is 0 Å². The predicted molar refractivity (Wildman–Crippen MR) is 109 cm³/mol. The normalized spacial score (nSPS) is 11.0. The molecule has 27 heavy (non-hydrogen) atoms. The molecule has 144 valence electrons. The zero-order valence-corrected chi connectivity index (χ0v) is 16.2.